The zero-order valence-corrected chi connectivity index (χ0v) is 10.2. The molecular formula is C11H6N4O3S. The summed E-state index contributed by atoms with van der Waals surface area (Å²) in [5, 5.41) is 16.3. The normalized spacial score (nSPS) is 10.5. The van der Waals surface area contributed by atoms with Crippen LogP contribution in [0.3, 0.4) is 0 Å². The van der Waals surface area contributed by atoms with Crippen LogP contribution >= 0.6 is 11.5 Å². The first-order valence-electron chi connectivity index (χ1n) is 5.19. The van der Waals surface area contributed by atoms with Crippen LogP contribution in [0.2, 0.25) is 0 Å². The van der Waals surface area contributed by atoms with Crippen LogP contribution in [0, 0.1) is 0 Å². The van der Waals surface area contributed by atoms with Gasteiger partial charge in [-0.2, -0.15) is 4.98 Å². The summed E-state index contributed by atoms with van der Waals surface area (Å²) in [4.78, 5) is 15.6. The van der Waals surface area contributed by atoms with Gasteiger partial charge in [0.25, 0.3) is 5.89 Å². The van der Waals surface area contributed by atoms with Crippen molar-refractivity contribution < 1.29 is 14.4 Å². The SMILES string of the molecule is O=C(O)c1ccc(-c2noc(-c3cnns3)n2)cc1. The third kappa shape index (κ3) is 2.20. The monoisotopic (exact) mass is 274 g/mol. The maximum Gasteiger partial charge on any atom is 0.335 e. The molecule has 0 amide bonds. The largest absolute Gasteiger partial charge is 0.478 e. The van der Waals surface area contributed by atoms with Crippen LogP contribution < -0.4 is 0 Å². The highest BCUT2D eigenvalue weighted by Crippen LogP contribution is 2.23. The van der Waals surface area contributed by atoms with Crippen molar-refractivity contribution in [1.29, 1.82) is 0 Å². The van der Waals surface area contributed by atoms with Gasteiger partial charge >= 0.3 is 5.97 Å². The van der Waals surface area contributed by atoms with E-state index in [-0.39, 0.29) is 5.56 Å². The topological polar surface area (TPSA) is 102 Å². The minimum absolute atomic E-state index is 0.208. The lowest BCUT2D eigenvalue weighted by molar-refractivity contribution is 0.0697. The Hall–Kier alpha value is -2.61. The van der Waals surface area contributed by atoms with Gasteiger partial charge in [0, 0.05) is 5.56 Å². The molecule has 2 aromatic heterocycles. The molecular weight excluding hydrogens is 268 g/mol. The summed E-state index contributed by atoms with van der Waals surface area (Å²) in [5.74, 6) is -0.247. The number of hydrogen-bond donors (Lipinski definition) is 1. The average Bonchev–Trinajstić information content (AvgIpc) is 3.10. The highest BCUT2D eigenvalue weighted by atomic mass is 32.1. The van der Waals surface area contributed by atoms with Crippen molar-refractivity contribution in [3.63, 3.8) is 0 Å². The molecule has 1 N–H and O–H groups in total. The van der Waals surface area contributed by atoms with Gasteiger partial charge in [-0.25, -0.2) is 4.79 Å². The van der Waals surface area contributed by atoms with Gasteiger partial charge in [-0.1, -0.05) is 21.8 Å². The predicted molar refractivity (Wildman–Crippen MR) is 65.6 cm³/mol. The second-order valence-corrected chi connectivity index (χ2v) is 4.37. The van der Waals surface area contributed by atoms with Crippen molar-refractivity contribution in [3.8, 4) is 22.2 Å². The average molecular weight is 274 g/mol. The van der Waals surface area contributed by atoms with Crippen LogP contribution in [0.15, 0.2) is 35.0 Å². The van der Waals surface area contributed by atoms with E-state index in [1.807, 2.05) is 0 Å². The molecule has 94 valence electrons. The Bertz CT molecular complexity index is 706. The number of carbonyl (C=O) groups is 1. The highest BCUT2D eigenvalue weighted by molar-refractivity contribution is 7.09. The summed E-state index contributed by atoms with van der Waals surface area (Å²) in [6.45, 7) is 0. The van der Waals surface area contributed by atoms with E-state index in [1.165, 1.54) is 18.3 Å². The Morgan fingerprint density at radius 3 is 2.68 bits per heavy atom. The Morgan fingerprint density at radius 1 is 1.26 bits per heavy atom. The van der Waals surface area contributed by atoms with Crippen molar-refractivity contribution in [2.75, 3.05) is 0 Å². The summed E-state index contributed by atoms with van der Waals surface area (Å²) in [6.07, 6.45) is 1.54. The minimum atomic E-state index is -0.976. The summed E-state index contributed by atoms with van der Waals surface area (Å²) in [5.41, 5.74) is 0.886. The fourth-order valence-corrected chi connectivity index (χ4v) is 1.90. The fraction of sp³-hybridized carbons (Fsp3) is 0. The molecule has 8 heteroatoms. The molecule has 0 fully saturated rings. The number of benzene rings is 1. The molecule has 0 saturated carbocycles. The third-order valence-corrected chi connectivity index (χ3v) is 3.04. The lowest BCUT2D eigenvalue weighted by atomic mass is 10.1. The summed E-state index contributed by atoms with van der Waals surface area (Å²) in [6, 6.07) is 6.23. The molecule has 0 aliphatic rings. The Kier molecular flexibility index (Phi) is 2.76. The highest BCUT2D eigenvalue weighted by Gasteiger charge is 2.12. The Morgan fingerprint density at radius 2 is 2.05 bits per heavy atom. The van der Waals surface area contributed by atoms with Crippen molar-refractivity contribution in [2.45, 2.75) is 0 Å². The molecule has 2 heterocycles. The molecule has 3 rings (SSSR count). The van der Waals surface area contributed by atoms with Gasteiger partial charge in [-0.05, 0) is 23.7 Å². The molecule has 1 aromatic carbocycles. The molecule has 7 nitrogen and oxygen atoms in total. The first-order chi connectivity index (χ1) is 9.24. The van der Waals surface area contributed by atoms with E-state index in [0.29, 0.717) is 22.2 Å². The van der Waals surface area contributed by atoms with Crippen molar-refractivity contribution in [2.24, 2.45) is 0 Å². The van der Waals surface area contributed by atoms with Gasteiger partial charge in [0.05, 0.1) is 11.8 Å². The summed E-state index contributed by atoms with van der Waals surface area (Å²) < 4.78 is 8.80. The van der Waals surface area contributed by atoms with Crippen molar-refractivity contribution in [3.05, 3.63) is 36.0 Å². The van der Waals surface area contributed by atoms with Gasteiger partial charge in [0.2, 0.25) is 5.82 Å². The van der Waals surface area contributed by atoms with Crippen LogP contribution in [0.25, 0.3) is 22.2 Å². The second kappa shape index (κ2) is 4.58. The smallest absolute Gasteiger partial charge is 0.335 e. The number of carboxylic acids is 1. The van der Waals surface area contributed by atoms with Gasteiger partial charge in [-0.3, -0.25) is 0 Å². The second-order valence-electron chi connectivity index (χ2n) is 3.59. The molecule has 0 unspecified atom stereocenters. The lowest BCUT2D eigenvalue weighted by Crippen LogP contribution is -1.95. The zero-order chi connectivity index (χ0) is 13.2. The molecule has 3 aromatic rings. The third-order valence-electron chi connectivity index (χ3n) is 2.39. The van der Waals surface area contributed by atoms with E-state index < -0.39 is 5.97 Å². The lowest BCUT2D eigenvalue weighted by Gasteiger charge is -1.95. The molecule has 0 aliphatic heterocycles. The number of aromatic nitrogens is 4. The molecule has 0 bridgehead atoms. The van der Waals surface area contributed by atoms with Gasteiger partial charge in [0.15, 0.2) is 0 Å². The standard InChI is InChI=1S/C11H6N4O3S/c16-11(17)7-3-1-6(2-4-7)9-13-10(18-14-9)8-5-12-15-19-8/h1-5H,(H,16,17). The number of rotatable bonds is 3. The van der Waals surface area contributed by atoms with Gasteiger partial charge < -0.3 is 9.63 Å². The Balaban J connectivity index is 1.92. The number of nitrogens with zero attached hydrogens (tertiary/aromatic N) is 4. The first-order valence-corrected chi connectivity index (χ1v) is 5.96. The van der Waals surface area contributed by atoms with Crippen LogP contribution in [-0.2, 0) is 0 Å². The maximum atomic E-state index is 10.7. The Labute approximate surface area is 110 Å². The molecule has 19 heavy (non-hydrogen) atoms. The van der Waals surface area contributed by atoms with E-state index in [2.05, 4.69) is 19.7 Å². The number of hydrogen-bond acceptors (Lipinski definition) is 7. The van der Waals surface area contributed by atoms with Crippen LogP contribution in [0.4, 0.5) is 0 Å². The van der Waals surface area contributed by atoms with E-state index in [9.17, 15) is 4.79 Å². The molecule has 0 aliphatic carbocycles. The van der Waals surface area contributed by atoms with Crippen molar-refractivity contribution in [1.82, 2.24) is 19.7 Å². The van der Waals surface area contributed by atoms with Crippen LogP contribution in [0.5, 0.6) is 0 Å². The minimum Gasteiger partial charge on any atom is -0.478 e. The van der Waals surface area contributed by atoms with E-state index in [0.717, 1.165) is 11.5 Å². The molecule has 0 saturated heterocycles. The van der Waals surface area contributed by atoms with E-state index in [4.69, 9.17) is 9.63 Å². The summed E-state index contributed by atoms with van der Waals surface area (Å²) >= 11 is 1.16. The predicted octanol–water partition coefficient (Wildman–Crippen LogP) is 1.95. The number of aromatic carboxylic acids is 1. The van der Waals surface area contributed by atoms with Gasteiger partial charge in [0.1, 0.15) is 4.88 Å². The molecule has 0 atom stereocenters. The van der Waals surface area contributed by atoms with Crippen molar-refractivity contribution >= 4 is 17.5 Å². The quantitative estimate of drug-likeness (QED) is 0.778. The van der Waals surface area contributed by atoms with Crippen LogP contribution in [-0.4, -0.2) is 30.8 Å². The summed E-state index contributed by atoms with van der Waals surface area (Å²) in [7, 11) is 0. The molecule has 0 radical (unpaired) electrons. The van der Waals surface area contributed by atoms with E-state index in [1.54, 1.807) is 12.1 Å². The zero-order valence-electron chi connectivity index (χ0n) is 9.35. The van der Waals surface area contributed by atoms with Gasteiger partial charge in [-0.15, -0.1) is 5.10 Å². The maximum absolute atomic E-state index is 10.7. The fourth-order valence-electron chi connectivity index (χ4n) is 1.46. The molecule has 0 spiro atoms. The van der Waals surface area contributed by atoms with E-state index >= 15 is 0 Å². The first kappa shape index (κ1) is 11.5. The van der Waals surface area contributed by atoms with Crippen LogP contribution in [0.1, 0.15) is 10.4 Å². The number of carboxylic acid groups (broad SMARTS) is 1.